The first kappa shape index (κ1) is 26.9. The van der Waals surface area contributed by atoms with Crippen molar-refractivity contribution in [3.63, 3.8) is 0 Å². The van der Waals surface area contributed by atoms with Crippen LogP contribution in [0, 0.1) is 0 Å². The van der Waals surface area contributed by atoms with Crippen molar-refractivity contribution in [3.8, 4) is 5.75 Å². The van der Waals surface area contributed by atoms with E-state index in [1.165, 1.54) is 101 Å². The van der Waals surface area contributed by atoms with Gasteiger partial charge in [-0.05, 0) is 0 Å². The fourth-order valence-corrected chi connectivity index (χ4v) is 11.5. The predicted octanol–water partition coefficient (Wildman–Crippen LogP) is 9.60. The molecule has 0 aliphatic carbocycles. The molecule has 1 nitrogen and oxygen atoms in total. The Hall–Kier alpha value is -1.33. The normalized spacial score (nSPS) is 12.9. The van der Waals surface area contributed by atoms with Gasteiger partial charge in [-0.1, -0.05) is 0 Å². The summed E-state index contributed by atoms with van der Waals surface area (Å²) in [4.78, 5) is 0. The van der Waals surface area contributed by atoms with Crippen molar-refractivity contribution in [2.24, 2.45) is 0 Å². The summed E-state index contributed by atoms with van der Waals surface area (Å²) in [5.41, 5.74) is 0. The van der Waals surface area contributed by atoms with Crippen LogP contribution in [0.25, 0.3) is 0 Å². The Kier molecular flexibility index (Phi) is 12.4. The van der Waals surface area contributed by atoms with Crippen LogP contribution in [0.3, 0.4) is 0 Å². The van der Waals surface area contributed by atoms with E-state index in [-0.39, 0.29) is 0 Å². The molecular weight excluding hydrogens is 407 g/mol. The average molecular weight is 457 g/mol. The Bertz CT molecular complexity index is 678. The first-order valence-electron chi connectivity index (χ1n) is 13.5. The fourth-order valence-electron chi connectivity index (χ4n) is 5.19. The van der Waals surface area contributed by atoms with Crippen LogP contribution >= 0.6 is 6.83 Å². The Balaban J connectivity index is 2.51. The molecule has 0 saturated carbocycles. The molecule has 0 fully saturated rings. The zero-order valence-electron chi connectivity index (χ0n) is 21.2. The van der Waals surface area contributed by atoms with E-state index in [1.807, 2.05) is 0 Å². The van der Waals surface area contributed by atoms with Gasteiger partial charge in [-0.2, -0.15) is 0 Å². The molecule has 0 bridgehead atoms. The molecule has 0 amide bonds. The molecule has 0 aliphatic rings. The van der Waals surface area contributed by atoms with Crippen molar-refractivity contribution < 1.29 is 4.52 Å². The van der Waals surface area contributed by atoms with Gasteiger partial charge in [0.2, 0.25) is 0 Å². The van der Waals surface area contributed by atoms with E-state index in [1.54, 1.807) is 0 Å². The summed E-state index contributed by atoms with van der Waals surface area (Å²) >= 11 is 0. The Morgan fingerprint density at radius 3 is 1.31 bits per heavy atom. The summed E-state index contributed by atoms with van der Waals surface area (Å²) in [6, 6.07) is 22.2. The Morgan fingerprint density at radius 1 is 0.500 bits per heavy atom. The van der Waals surface area contributed by atoms with E-state index in [4.69, 9.17) is 4.52 Å². The molecule has 0 N–H and O–H groups in total. The van der Waals surface area contributed by atoms with E-state index in [0.717, 1.165) is 5.75 Å². The maximum absolute atomic E-state index is 7.45. The zero-order chi connectivity index (χ0) is 23.0. The molecule has 0 aliphatic heterocycles. The second-order valence-electron chi connectivity index (χ2n) is 9.72. The van der Waals surface area contributed by atoms with E-state index in [0.29, 0.717) is 0 Å². The molecule has 0 unspecified atom stereocenters. The van der Waals surface area contributed by atoms with E-state index in [9.17, 15) is 0 Å². The topological polar surface area (TPSA) is 9.23 Å². The third-order valence-corrected chi connectivity index (χ3v) is 13.4. The minimum atomic E-state index is -2.62. The Morgan fingerprint density at radius 2 is 0.906 bits per heavy atom. The summed E-state index contributed by atoms with van der Waals surface area (Å²) < 4.78 is 7.45. The summed E-state index contributed by atoms with van der Waals surface area (Å²) in [5.74, 6) is 1.08. The van der Waals surface area contributed by atoms with Crippen LogP contribution in [-0.2, 0) is 0 Å². The molecule has 2 aromatic rings. The van der Waals surface area contributed by atoms with Crippen LogP contribution in [0.5, 0.6) is 5.75 Å². The molecule has 0 aromatic heterocycles. The van der Waals surface area contributed by atoms with Gasteiger partial charge in [-0.15, -0.1) is 0 Å². The molecule has 2 heteroatoms. The maximum atomic E-state index is 7.45. The second kappa shape index (κ2) is 14.7. The van der Waals surface area contributed by atoms with Gasteiger partial charge < -0.3 is 0 Å². The first-order valence-corrected chi connectivity index (χ1v) is 16.2. The molecular formula is C30H49OP. The number of benzene rings is 2. The van der Waals surface area contributed by atoms with Gasteiger partial charge in [0.25, 0.3) is 0 Å². The van der Waals surface area contributed by atoms with Gasteiger partial charge in [0.1, 0.15) is 0 Å². The van der Waals surface area contributed by atoms with E-state index < -0.39 is 6.83 Å². The summed E-state index contributed by atoms with van der Waals surface area (Å²) in [6.07, 6.45) is 19.4. The molecule has 0 heterocycles. The average Bonchev–Trinajstić information content (AvgIpc) is 2.84. The van der Waals surface area contributed by atoms with Gasteiger partial charge in [-0.25, -0.2) is 0 Å². The minimum absolute atomic E-state index is 1.08. The number of rotatable bonds is 18. The molecule has 180 valence electrons. The molecule has 2 aromatic carbocycles. The van der Waals surface area contributed by atoms with Crippen molar-refractivity contribution in [2.75, 3.05) is 18.5 Å². The van der Waals surface area contributed by atoms with Crippen LogP contribution in [0.4, 0.5) is 0 Å². The molecule has 0 radical (unpaired) electrons. The van der Waals surface area contributed by atoms with Crippen LogP contribution in [0.15, 0.2) is 60.7 Å². The summed E-state index contributed by atoms with van der Waals surface area (Å²) in [6.45, 7) is 4.31. The van der Waals surface area contributed by atoms with Crippen molar-refractivity contribution in [1.82, 2.24) is 0 Å². The van der Waals surface area contributed by atoms with E-state index in [2.05, 4.69) is 81.4 Å². The zero-order valence-corrected chi connectivity index (χ0v) is 22.1. The second-order valence-corrected chi connectivity index (χ2v) is 15.0. The summed E-state index contributed by atoms with van der Waals surface area (Å²) in [7, 11) is 0. The fraction of sp³-hybridized carbons (Fsp3) is 0.600. The van der Waals surface area contributed by atoms with Gasteiger partial charge in [-0.3, -0.25) is 0 Å². The SMILES string of the molecule is CCCCCCP(CCCCCC)(CCCCCC)(Oc1ccccc1)c1ccccc1. The molecule has 32 heavy (non-hydrogen) atoms. The predicted molar refractivity (Wildman–Crippen MR) is 147 cm³/mol. The number of unbranched alkanes of at least 4 members (excludes halogenated alkanes) is 9. The van der Waals surface area contributed by atoms with Gasteiger partial charge in [0.05, 0.1) is 0 Å². The van der Waals surface area contributed by atoms with Crippen LogP contribution in [-0.4, -0.2) is 18.5 Å². The number of para-hydroxylation sites is 1. The first-order chi connectivity index (χ1) is 15.7. The van der Waals surface area contributed by atoms with Crippen LogP contribution in [0.2, 0.25) is 0 Å². The molecule has 0 saturated heterocycles. The molecule has 0 spiro atoms. The van der Waals surface area contributed by atoms with Crippen molar-refractivity contribution in [1.29, 1.82) is 0 Å². The van der Waals surface area contributed by atoms with Crippen LogP contribution in [0.1, 0.15) is 97.8 Å². The quantitative estimate of drug-likeness (QED) is 0.160. The van der Waals surface area contributed by atoms with Gasteiger partial charge >= 0.3 is 199 Å². The third kappa shape index (κ3) is 7.91. The summed E-state index contributed by atoms with van der Waals surface area (Å²) in [5, 5.41) is 1.52. The molecule has 2 rings (SSSR count). The van der Waals surface area contributed by atoms with Gasteiger partial charge in [0.15, 0.2) is 0 Å². The third-order valence-electron chi connectivity index (χ3n) is 7.09. The standard InChI is InChI=1S/C30H49OP/c1-4-7-10-19-26-32(27-20-11-8-5-2,28-21-12-9-6-3,30-24-17-14-18-25-30)31-29-22-15-13-16-23-29/h13-18,22-25H,4-12,19-21,26-28H2,1-3H3. The number of hydrogen-bond donors (Lipinski definition) is 0. The van der Waals surface area contributed by atoms with Gasteiger partial charge in [0, 0.05) is 0 Å². The number of hydrogen-bond acceptors (Lipinski definition) is 1. The monoisotopic (exact) mass is 456 g/mol. The Labute approximate surface area is 199 Å². The van der Waals surface area contributed by atoms with Crippen molar-refractivity contribution >= 4 is 12.1 Å². The molecule has 0 atom stereocenters. The van der Waals surface area contributed by atoms with Crippen LogP contribution < -0.4 is 9.83 Å². The van der Waals surface area contributed by atoms with E-state index >= 15 is 0 Å². The van der Waals surface area contributed by atoms with Crippen molar-refractivity contribution in [3.05, 3.63) is 60.7 Å². The van der Waals surface area contributed by atoms with Crippen molar-refractivity contribution in [2.45, 2.75) is 97.8 Å².